The number of carboxylic acid groups (broad SMARTS) is 1. The second kappa shape index (κ2) is 5.89. The second-order valence-corrected chi connectivity index (χ2v) is 6.28. The highest BCUT2D eigenvalue weighted by atomic mass is 32.1. The predicted octanol–water partition coefficient (Wildman–Crippen LogP) is 1.61. The fourth-order valence-corrected chi connectivity index (χ4v) is 3.45. The van der Waals surface area contributed by atoms with Gasteiger partial charge in [0, 0.05) is 0 Å². The number of carboxylic acids is 1. The summed E-state index contributed by atoms with van der Waals surface area (Å²) in [6.45, 7) is 1.93. The first-order chi connectivity index (χ1) is 11.4. The minimum absolute atomic E-state index is 0.180. The Bertz CT molecular complexity index is 1020. The number of hydrogen-bond acceptors (Lipinski definition) is 5. The van der Waals surface area contributed by atoms with Crippen LogP contribution in [0.3, 0.4) is 0 Å². The first-order valence-corrected chi connectivity index (χ1v) is 7.80. The molecular weight excluding hydrogens is 330 g/mol. The number of hydrogen-bond donors (Lipinski definition) is 2. The molecule has 0 saturated carbocycles. The summed E-state index contributed by atoms with van der Waals surface area (Å²) < 4.78 is 1.42. The molecule has 3 rings (SSSR count). The molecule has 1 aromatic carbocycles. The fourth-order valence-electron chi connectivity index (χ4n) is 2.46. The molecule has 0 aliphatic carbocycles. The number of fused-ring (bicyclic) bond motifs is 1. The molecule has 0 spiro atoms. The molecule has 0 bridgehead atoms. The van der Waals surface area contributed by atoms with E-state index in [9.17, 15) is 14.4 Å². The van der Waals surface area contributed by atoms with E-state index in [1.807, 2.05) is 0 Å². The second-order valence-electron chi connectivity index (χ2n) is 5.28. The van der Waals surface area contributed by atoms with E-state index in [-0.39, 0.29) is 17.7 Å². The molecule has 0 saturated heterocycles. The maximum atomic E-state index is 12.6. The number of aryl methyl sites for hydroxylation is 1. The van der Waals surface area contributed by atoms with Gasteiger partial charge < -0.3 is 10.8 Å². The zero-order valence-electron chi connectivity index (χ0n) is 12.6. The smallest absolute Gasteiger partial charge is 0.335 e. The molecule has 1 amide bonds. The number of amides is 1. The molecule has 8 heteroatoms. The van der Waals surface area contributed by atoms with Crippen LogP contribution in [0.15, 0.2) is 35.4 Å². The zero-order chi connectivity index (χ0) is 17.4. The summed E-state index contributed by atoms with van der Waals surface area (Å²) in [5.41, 5.74) is 6.54. The van der Waals surface area contributed by atoms with Crippen molar-refractivity contribution in [1.29, 1.82) is 0 Å². The van der Waals surface area contributed by atoms with Crippen LogP contribution in [0.4, 0.5) is 0 Å². The van der Waals surface area contributed by atoms with Gasteiger partial charge in [0.2, 0.25) is 0 Å². The Morgan fingerprint density at radius 3 is 2.54 bits per heavy atom. The molecule has 0 radical (unpaired) electrons. The van der Waals surface area contributed by atoms with Crippen molar-refractivity contribution in [2.24, 2.45) is 5.73 Å². The van der Waals surface area contributed by atoms with Crippen LogP contribution in [-0.2, 0) is 6.54 Å². The number of carbonyl (C=O) groups is 2. The van der Waals surface area contributed by atoms with E-state index in [0.29, 0.717) is 20.7 Å². The van der Waals surface area contributed by atoms with E-state index in [1.54, 1.807) is 19.1 Å². The number of benzene rings is 1. The Labute approximate surface area is 140 Å². The Hall–Kier alpha value is -3.00. The minimum atomic E-state index is -1.00. The van der Waals surface area contributed by atoms with E-state index in [0.717, 1.165) is 16.9 Å². The van der Waals surface area contributed by atoms with Crippen molar-refractivity contribution in [2.45, 2.75) is 13.5 Å². The lowest BCUT2D eigenvalue weighted by Crippen LogP contribution is -2.21. The van der Waals surface area contributed by atoms with Crippen molar-refractivity contribution in [3.63, 3.8) is 0 Å². The molecule has 0 atom stereocenters. The predicted molar refractivity (Wildman–Crippen MR) is 89.6 cm³/mol. The van der Waals surface area contributed by atoms with Crippen molar-refractivity contribution in [2.75, 3.05) is 0 Å². The van der Waals surface area contributed by atoms with Gasteiger partial charge >= 0.3 is 5.97 Å². The lowest BCUT2D eigenvalue weighted by Gasteiger charge is -2.06. The van der Waals surface area contributed by atoms with Crippen LogP contribution < -0.4 is 11.3 Å². The van der Waals surface area contributed by atoms with Crippen molar-refractivity contribution >= 4 is 33.4 Å². The van der Waals surface area contributed by atoms with Crippen LogP contribution in [0, 0.1) is 6.92 Å². The van der Waals surface area contributed by atoms with Gasteiger partial charge in [-0.15, -0.1) is 11.3 Å². The maximum Gasteiger partial charge on any atom is 0.335 e. The van der Waals surface area contributed by atoms with Gasteiger partial charge in [0.25, 0.3) is 11.5 Å². The summed E-state index contributed by atoms with van der Waals surface area (Å²) in [6.07, 6.45) is 1.41. The number of carbonyl (C=O) groups excluding carboxylic acids is 1. The molecule has 0 aliphatic rings. The number of aromatic carboxylic acids is 1. The lowest BCUT2D eigenvalue weighted by molar-refractivity contribution is 0.0696. The number of thiophene rings is 1. The molecule has 0 fully saturated rings. The van der Waals surface area contributed by atoms with Gasteiger partial charge in [-0.2, -0.15) is 0 Å². The number of primary amides is 1. The summed E-state index contributed by atoms with van der Waals surface area (Å²) in [5, 5.41) is 9.29. The first-order valence-electron chi connectivity index (χ1n) is 6.99. The topological polar surface area (TPSA) is 115 Å². The highest BCUT2D eigenvalue weighted by molar-refractivity contribution is 7.20. The summed E-state index contributed by atoms with van der Waals surface area (Å²) in [5.74, 6) is -1.58. The average molecular weight is 343 g/mol. The van der Waals surface area contributed by atoms with E-state index in [4.69, 9.17) is 10.8 Å². The van der Waals surface area contributed by atoms with Crippen molar-refractivity contribution in [3.05, 3.63) is 62.5 Å². The summed E-state index contributed by atoms with van der Waals surface area (Å²) >= 11 is 1.10. The van der Waals surface area contributed by atoms with Gasteiger partial charge in [-0.3, -0.25) is 14.2 Å². The maximum absolute atomic E-state index is 12.6. The van der Waals surface area contributed by atoms with Crippen molar-refractivity contribution in [3.8, 4) is 0 Å². The van der Waals surface area contributed by atoms with Crippen molar-refractivity contribution < 1.29 is 14.7 Å². The molecule has 2 aromatic heterocycles. The molecule has 2 heterocycles. The SMILES string of the molecule is Cc1c(C(N)=O)sc2ncn(Cc3ccc(C(=O)O)cc3)c(=O)c12. The molecule has 3 aromatic rings. The van der Waals surface area contributed by atoms with Gasteiger partial charge in [-0.25, -0.2) is 9.78 Å². The quantitative estimate of drug-likeness (QED) is 0.747. The molecule has 7 nitrogen and oxygen atoms in total. The molecular formula is C16H13N3O4S. The van der Waals surface area contributed by atoms with E-state index < -0.39 is 11.9 Å². The Kier molecular flexibility index (Phi) is 3.90. The van der Waals surface area contributed by atoms with Crippen molar-refractivity contribution in [1.82, 2.24) is 9.55 Å². The van der Waals surface area contributed by atoms with Crippen LogP contribution in [0.25, 0.3) is 10.2 Å². The van der Waals surface area contributed by atoms with Gasteiger partial charge in [0.1, 0.15) is 4.83 Å². The standard InChI is InChI=1S/C16H13N3O4S/c1-8-11-14(24-12(8)13(17)20)18-7-19(15(11)21)6-9-2-4-10(5-3-9)16(22)23/h2-5,7H,6H2,1H3,(H2,17,20)(H,22,23). The van der Waals surface area contributed by atoms with E-state index >= 15 is 0 Å². The molecule has 122 valence electrons. The van der Waals surface area contributed by atoms with Gasteiger partial charge in [-0.05, 0) is 30.2 Å². The van der Waals surface area contributed by atoms with E-state index in [1.165, 1.54) is 23.0 Å². The summed E-state index contributed by atoms with van der Waals surface area (Å²) in [4.78, 5) is 40.0. The van der Waals surface area contributed by atoms with E-state index in [2.05, 4.69) is 4.98 Å². The number of rotatable bonds is 4. The van der Waals surface area contributed by atoms with Crippen LogP contribution in [0.2, 0.25) is 0 Å². The number of nitrogens with zero attached hydrogens (tertiary/aromatic N) is 2. The Morgan fingerprint density at radius 2 is 1.96 bits per heavy atom. The number of nitrogens with two attached hydrogens (primary N) is 1. The van der Waals surface area contributed by atoms with Crippen LogP contribution in [0.5, 0.6) is 0 Å². The van der Waals surface area contributed by atoms with Gasteiger partial charge in [-0.1, -0.05) is 12.1 Å². The summed E-state index contributed by atoms with van der Waals surface area (Å²) in [7, 11) is 0. The fraction of sp³-hybridized carbons (Fsp3) is 0.125. The molecule has 3 N–H and O–H groups in total. The Morgan fingerprint density at radius 1 is 1.29 bits per heavy atom. The largest absolute Gasteiger partial charge is 0.478 e. The monoisotopic (exact) mass is 343 g/mol. The van der Waals surface area contributed by atoms with Crippen LogP contribution in [0.1, 0.15) is 31.2 Å². The van der Waals surface area contributed by atoms with Gasteiger partial charge in [0.15, 0.2) is 0 Å². The highest BCUT2D eigenvalue weighted by Gasteiger charge is 2.17. The third-order valence-electron chi connectivity index (χ3n) is 3.69. The first kappa shape index (κ1) is 15.9. The van der Waals surface area contributed by atoms with Crippen LogP contribution in [-0.4, -0.2) is 26.5 Å². The normalized spacial score (nSPS) is 10.9. The zero-order valence-corrected chi connectivity index (χ0v) is 13.5. The minimum Gasteiger partial charge on any atom is -0.478 e. The average Bonchev–Trinajstić information content (AvgIpc) is 2.88. The lowest BCUT2D eigenvalue weighted by atomic mass is 10.1. The number of aromatic nitrogens is 2. The third-order valence-corrected chi connectivity index (χ3v) is 4.91. The Balaban J connectivity index is 2.03. The molecule has 0 aliphatic heterocycles. The van der Waals surface area contributed by atoms with Gasteiger partial charge in [0.05, 0.1) is 28.7 Å². The third kappa shape index (κ3) is 2.67. The van der Waals surface area contributed by atoms with Crippen LogP contribution >= 0.6 is 11.3 Å². The molecule has 0 unspecified atom stereocenters. The molecule has 24 heavy (non-hydrogen) atoms. The summed E-state index contributed by atoms with van der Waals surface area (Å²) in [6, 6.07) is 6.26. The highest BCUT2D eigenvalue weighted by Crippen LogP contribution is 2.26.